The van der Waals surface area contributed by atoms with Crippen molar-refractivity contribution in [1.82, 2.24) is 21.3 Å². The maximum absolute atomic E-state index is 12.3. The highest BCUT2D eigenvalue weighted by Gasteiger charge is 2.33. The number of benzene rings is 2. The van der Waals surface area contributed by atoms with Crippen molar-refractivity contribution < 1.29 is 47.6 Å². The molecule has 26 heteroatoms. The largest absolute Gasteiger partial charge is 0.487 e. The maximum atomic E-state index is 12.3. The first-order valence-corrected chi connectivity index (χ1v) is 20.9. The van der Waals surface area contributed by atoms with Gasteiger partial charge >= 0.3 is 0 Å². The van der Waals surface area contributed by atoms with Gasteiger partial charge in [0.15, 0.2) is 23.0 Å². The van der Waals surface area contributed by atoms with E-state index in [1.807, 2.05) is 0 Å². The number of fused-ring (bicyclic) bond motifs is 2. The number of halogens is 12. The summed E-state index contributed by atoms with van der Waals surface area (Å²) in [5.41, 5.74) is 1.72. The molecule has 0 atom stereocenters. The van der Waals surface area contributed by atoms with E-state index in [2.05, 4.69) is 21.3 Å². The summed E-state index contributed by atoms with van der Waals surface area (Å²) in [6.45, 7) is -0.259. The van der Waals surface area contributed by atoms with Gasteiger partial charge in [0.1, 0.15) is 26.4 Å². The Hall–Kier alpha value is -1.08. The minimum atomic E-state index is -2.25. The molecule has 4 amide bonds. The second kappa shape index (κ2) is 23.4. The van der Waals surface area contributed by atoms with Crippen molar-refractivity contribution in [2.24, 2.45) is 0 Å². The van der Waals surface area contributed by atoms with Crippen LogP contribution in [0.15, 0.2) is 24.3 Å². The molecular formula is C32H32Cl12N4O10. The third kappa shape index (κ3) is 17.7. The van der Waals surface area contributed by atoms with Crippen LogP contribution in [-0.4, -0.2) is 91.7 Å². The first-order chi connectivity index (χ1) is 27.0. The summed E-state index contributed by atoms with van der Waals surface area (Å²) < 4.78 is 26.4. The van der Waals surface area contributed by atoms with Gasteiger partial charge in [0.25, 0.3) is 38.8 Å². The third-order valence-corrected chi connectivity index (χ3v) is 9.32. The Balaban J connectivity index is 1.83. The van der Waals surface area contributed by atoms with Crippen LogP contribution in [0.2, 0.25) is 0 Å². The van der Waals surface area contributed by atoms with Crippen LogP contribution in [0.5, 0.6) is 23.0 Å². The van der Waals surface area contributed by atoms with E-state index >= 15 is 0 Å². The predicted molar refractivity (Wildman–Crippen MR) is 225 cm³/mol. The minimum Gasteiger partial charge on any atom is -0.487 e. The zero-order valence-electron chi connectivity index (χ0n) is 29.4. The molecule has 14 nitrogen and oxygen atoms in total. The van der Waals surface area contributed by atoms with Crippen LogP contribution in [0.3, 0.4) is 0 Å². The van der Waals surface area contributed by atoms with Crippen molar-refractivity contribution in [3.63, 3.8) is 0 Å². The summed E-state index contributed by atoms with van der Waals surface area (Å²) >= 11 is 68.6. The Morgan fingerprint density at radius 3 is 0.741 bits per heavy atom. The van der Waals surface area contributed by atoms with E-state index in [1.165, 1.54) is 0 Å². The molecular weight excluding hydrogens is 1030 g/mol. The number of hydrogen-bond acceptors (Lipinski definition) is 10. The molecule has 0 aliphatic carbocycles. The molecule has 3 rings (SSSR count). The second-order valence-electron chi connectivity index (χ2n) is 11.5. The van der Waals surface area contributed by atoms with Gasteiger partial charge < -0.3 is 49.7 Å². The Morgan fingerprint density at radius 2 is 0.569 bits per heavy atom. The van der Waals surface area contributed by atoms with Crippen molar-refractivity contribution in [2.75, 3.05) is 52.9 Å². The van der Waals surface area contributed by atoms with E-state index < -0.39 is 38.8 Å². The molecule has 0 unspecified atom stereocenters. The van der Waals surface area contributed by atoms with Crippen molar-refractivity contribution in [3.8, 4) is 23.0 Å². The van der Waals surface area contributed by atoms with E-state index in [9.17, 15) is 19.2 Å². The lowest BCUT2D eigenvalue weighted by atomic mass is 10.1. The molecule has 0 spiro atoms. The average molecular weight is 1060 g/mol. The maximum Gasteiger partial charge on any atom is 0.272 e. The first kappa shape index (κ1) is 51.3. The number of ether oxygens (including phenoxy) is 6. The highest BCUT2D eigenvalue weighted by atomic mass is 35.6. The van der Waals surface area contributed by atoms with Gasteiger partial charge in [-0.3, -0.25) is 19.2 Å². The van der Waals surface area contributed by atoms with E-state index in [4.69, 9.17) is 168 Å². The number of nitrogens with one attached hydrogen (secondary N) is 4. The average Bonchev–Trinajstić information content (AvgIpc) is 3.12. The number of amides is 4. The van der Waals surface area contributed by atoms with Gasteiger partial charge in [0.05, 0.1) is 26.4 Å². The van der Waals surface area contributed by atoms with E-state index in [-0.39, 0.29) is 102 Å². The molecule has 1 aliphatic rings. The molecule has 0 aromatic heterocycles. The topological polar surface area (TPSA) is 172 Å². The van der Waals surface area contributed by atoms with Gasteiger partial charge in [0, 0.05) is 26.2 Å². The number of hydrogen-bond donors (Lipinski definition) is 4. The fourth-order valence-electron chi connectivity index (χ4n) is 4.55. The highest BCUT2D eigenvalue weighted by molar-refractivity contribution is 6.77. The molecule has 324 valence electrons. The summed E-state index contributed by atoms with van der Waals surface area (Å²) in [7, 11) is 0. The molecule has 1 aliphatic heterocycles. The number of carbonyl (C=O) groups excluding carboxylic acids is 4. The summed E-state index contributed by atoms with van der Waals surface area (Å²) in [5, 5.41) is 10.0. The van der Waals surface area contributed by atoms with Crippen LogP contribution in [0.25, 0.3) is 0 Å². The fourth-order valence-corrected chi connectivity index (χ4v) is 5.35. The smallest absolute Gasteiger partial charge is 0.272 e. The SMILES string of the molecule is O=C(NCc1cc2c(cc1CNC(=O)C(Cl)(Cl)Cl)OCCOCCOc1cc(CNC(=O)C(Cl)(Cl)Cl)c(CNC(=O)C(Cl)(Cl)Cl)cc1OCCOCCO2)C(Cl)(Cl)Cl. The molecule has 0 fully saturated rings. The van der Waals surface area contributed by atoms with Gasteiger partial charge in [0.2, 0.25) is 0 Å². The van der Waals surface area contributed by atoms with Gasteiger partial charge in [-0.1, -0.05) is 139 Å². The van der Waals surface area contributed by atoms with Crippen LogP contribution in [0, 0.1) is 0 Å². The monoisotopic (exact) mass is 1050 g/mol. The third-order valence-electron chi connectivity index (χ3n) is 7.26. The Labute approximate surface area is 392 Å². The van der Waals surface area contributed by atoms with Crippen molar-refractivity contribution in [3.05, 3.63) is 46.5 Å². The van der Waals surface area contributed by atoms with Crippen molar-refractivity contribution in [2.45, 2.75) is 41.3 Å². The van der Waals surface area contributed by atoms with E-state index in [0.29, 0.717) is 22.3 Å². The van der Waals surface area contributed by atoms with Gasteiger partial charge in [-0.05, 0) is 46.5 Å². The van der Waals surface area contributed by atoms with Crippen molar-refractivity contribution in [1.29, 1.82) is 0 Å². The van der Waals surface area contributed by atoms with Crippen LogP contribution in [-0.2, 0) is 54.8 Å². The number of carbonyl (C=O) groups is 4. The first-order valence-electron chi connectivity index (χ1n) is 16.3. The molecule has 4 N–H and O–H groups in total. The molecule has 2 aromatic rings. The van der Waals surface area contributed by atoms with Crippen LogP contribution < -0.4 is 40.2 Å². The Kier molecular flexibility index (Phi) is 20.7. The lowest BCUT2D eigenvalue weighted by Gasteiger charge is -2.21. The normalized spacial score (nSPS) is 15.0. The minimum absolute atomic E-state index is 0.0200. The van der Waals surface area contributed by atoms with Gasteiger partial charge in [-0.2, -0.15) is 0 Å². The molecule has 58 heavy (non-hydrogen) atoms. The fraction of sp³-hybridized carbons (Fsp3) is 0.500. The zero-order valence-corrected chi connectivity index (χ0v) is 38.5. The second-order valence-corrected chi connectivity index (χ2v) is 20.6. The quantitative estimate of drug-likeness (QED) is 0.204. The lowest BCUT2D eigenvalue weighted by Crippen LogP contribution is -2.36. The molecule has 0 bridgehead atoms. The molecule has 0 saturated carbocycles. The van der Waals surface area contributed by atoms with Gasteiger partial charge in [-0.25, -0.2) is 0 Å². The Bertz CT molecular complexity index is 1500. The molecule has 0 radical (unpaired) electrons. The van der Waals surface area contributed by atoms with E-state index in [0.717, 1.165) is 0 Å². The summed E-state index contributed by atoms with van der Waals surface area (Å²) in [4.78, 5) is 49.3. The van der Waals surface area contributed by atoms with Crippen LogP contribution >= 0.6 is 139 Å². The predicted octanol–water partition coefficient (Wildman–Crippen LogP) is 6.89. The molecule has 2 aromatic carbocycles. The van der Waals surface area contributed by atoms with E-state index in [1.54, 1.807) is 24.3 Å². The molecule has 0 saturated heterocycles. The summed E-state index contributed by atoms with van der Waals surface area (Å²) in [5.74, 6) is -2.66. The van der Waals surface area contributed by atoms with Crippen LogP contribution in [0.4, 0.5) is 0 Å². The van der Waals surface area contributed by atoms with Gasteiger partial charge in [-0.15, -0.1) is 0 Å². The van der Waals surface area contributed by atoms with Crippen LogP contribution in [0.1, 0.15) is 22.3 Å². The van der Waals surface area contributed by atoms with Crippen molar-refractivity contribution >= 4 is 163 Å². The highest BCUT2D eigenvalue weighted by Crippen LogP contribution is 2.35. The summed E-state index contributed by atoms with van der Waals surface area (Å²) in [6, 6.07) is 6.23. The zero-order chi connectivity index (χ0) is 43.3. The summed E-state index contributed by atoms with van der Waals surface area (Å²) in [6.07, 6.45) is 0. The Morgan fingerprint density at radius 1 is 0.379 bits per heavy atom. The number of rotatable bonds is 8. The standard InChI is InChI=1S/C32H32Cl12N4O10/c33-29(34,35)25(49)45-13-17-9-21-22(10-18(17)14-46-26(50)30(36,37)38)57-7-3-54-4-8-58-24-12-20(16-48-28(52)32(42,43)44)19(15-47-27(51)31(39,40)41)11-23(24)56-6-2-53-1-5-55-21/h9-12H,1-8,13-16H2,(H,45,49)(H,46,50)(H,47,51)(H,48,52). The molecule has 1 heterocycles. The lowest BCUT2D eigenvalue weighted by molar-refractivity contribution is -0.121. The number of alkyl halides is 12.